The summed E-state index contributed by atoms with van der Waals surface area (Å²) in [4.78, 5) is 23.5. The molecular weight excluding hydrogens is 457 g/mol. The molecule has 0 radical (unpaired) electrons. The molecule has 25 heavy (non-hydrogen) atoms. The highest BCUT2D eigenvalue weighted by atomic mass is 127. The third kappa shape index (κ3) is 4.32. The predicted molar refractivity (Wildman–Crippen MR) is 106 cm³/mol. The van der Waals surface area contributed by atoms with Crippen molar-refractivity contribution in [2.45, 2.75) is 6.92 Å². The molecule has 128 valence electrons. The third-order valence-corrected chi connectivity index (χ3v) is 4.44. The van der Waals surface area contributed by atoms with E-state index in [4.69, 9.17) is 20.8 Å². The molecule has 1 N–H and O–H groups in total. The summed E-state index contributed by atoms with van der Waals surface area (Å²) in [5.41, 5.74) is 1.36. The summed E-state index contributed by atoms with van der Waals surface area (Å²) in [6, 6.07) is 12.0. The molecule has 0 aliphatic rings. The minimum Gasteiger partial charge on any atom is -0.482 e. The molecule has 3 aromatic rings. The maximum atomic E-state index is 12.0. The summed E-state index contributed by atoms with van der Waals surface area (Å²) < 4.78 is 11.7. The third-order valence-electron chi connectivity index (χ3n) is 3.47. The van der Waals surface area contributed by atoms with Crippen LogP contribution in [-0.2, 0) is 4.79 Å². The normalized spacial score (nSPS) is 10.7. The van der Waals surface area contributed by atoms with E-state index in [1.165, 1.54) is 12.1 Å². The summed E-state index contributed by atoms with van der Waals surface area (Å²) in [7, 11) is 0. The first kappa shape index (κ1) is 17.8. The fraction of sp³-hybridized carbons (Fsp3) is 0.111. The van der Waals surface area contributed by atoms with Crippen LogP contribution in [0.15, 0.2) is 51.7 Å². The predicted octanol–water partition coefficient (Wildman–Crippen LogP) is 4.38. The van der Waals surface area contributed by atoms with E-state index in [0.717, 1.165) is 14.5 Å². The Bertz CT molecular complexity index is 1020. The van der Waals surface area contributed by atoms with Crippen LogP contribution in [0.25, 0.3) is 11.0 Å². The van der Waals surface area contributed by atoms with Crippen LogP contribution in [0.2, 0.25) is 5.02 Å². The first-order valence-corrected chi connectivity index (χ1v) is 8.80. The highest BCUT2D eigenvalue weighted by Gasteiger charge is 2.11. The highest BCUT2D eigenvalue weighted by Crippen LogP contribution is 2.31. The molecule has 0 bridgehead atoms. The smallest absolute Gasteiger partial charge is 0.336 e. The Hall–Kier alpha value is -2.06. The van der Waals surface area contributed by atoms with Gasteiger partial charge in [0.05, 0.1) is 5.02 Å². The Balaban J connectivity index is 1.75. The summed E-state index contributed by atoms with van der Waals surface area (Å²) in [6.07, 6.45) is 0. The van der Waals surface area contributed by atoms with Gasteiger partial charge in [-0.15, -0.1) is 0 Å². The van der Waals surface area contributed by atoms with E-state index in [1.807, 2.05) is 18.2 Å². The Morgan fingerprint density at radius 3 is 2.84 bits per heavy atom. The van der Waals surface area contributed by atoms with Crippen molar-refractivity contribution < 1.29 is 13.9 Å². The van der Waals surface area contributed by atoms with Gasteiger partial charge in [-0.2, -0.15) is 0 Å². The van der Waals surface area contributed by atoms with Crippen molar-refractivity contribution in [1.82, 2.24) is 0 Å². The van der Waals surface area contributed by atoms with E-state index < -0.39 is 5.63 Å². The van der Waals surface area contributed by atoms with Gasteiger partial charge < -0.3 is 14.5 Å². The zero-order chi connectivity index (χ0) is 18.0. The van der Waals surface area contributed by atoms with E-state index >= 15 is 0 Å². The van der Waals surface area contributed by atoms with Gasteiger partial charge in [0.15, 0.2) is 6.61 Å². The molecule has 0 unspecified atom stereocenters. The Kier molecular flexibility index (Phi) is 5.29. The van der Waals surface area contributed by atoms with Crippen LogP contribution in [0.4, 0.5) is 5.69 Å². The molecule has 1 heterocycles. The lowest BCUT2D eigenvalue weighted by molar-refractivity contribution is -0.118. The molecular formula is C18H13ClINO4. The fourth-order valence-corrected chi connectivity index (χ4v) is 3.10. The number of amides is 1. The van der Waals surface area contributed by atoms with E-state index in [2.05, 4.69) is 27.9 Å². The van der Waals surface area contributed by atoms with Gasteiger partial charge in [0.25, 0.3) is 5.91 Å². The number of benzene rings is 2. The van der Waals surface area contributed by atoms with Crippen molar-refractivity contribution in [3.63, 3.8) is 0 Å². The van der Waals surface area contributed by atoms with Crippen LogP contribution < -0.4 is 15.7 Å². The van der Waals surface area contributed by atoms with E-state index in [-0.39, 0.29) is 18.3 Å². The largest absolute Gasteiger partial charge is 0.482 e. The van der Waals surface area contributed by atoms with Gasteiger partial charge in [0.1, 0.15) is 11.3 Å². The SMILES string of the molecule is Cc1cc(=O)oc2cc(OCC(=O)Nc3cccc(I)c3)c(Cl)cc12. The topological polar surface area (TPSA) is 68.5 Å². The van der Waals surface area contributed by atoms with Gasteiger partial charge >= 0.3 is 5.63 Å². The highest BCUT2D eigenvalue weighted by molar-refractivity contribution is 14.1. The second kappa shape index (κ2) is 7.45. The summed E-state index contributed by atoms with van der Waals surface area (Å²) in [5.74, 6) is -0.0374. The van der Waals surface area contributed by atoms with Gasteiger partial charge in [-0.3, -0.25) is 4.79 Å². The lowest BCUT2D eigenvalue weighted by Crippen LogP contribution is -2.20. The molecule has 7 heteroatoms. The summed E-state index contributed by atoms with van der Waals surface area (Å²) in [5, 5.41) is 3.80. The number of aryl methyl sites for hydroxylation is 1. The van der Waals surface area contributed by atoms with Crippen LogP contribution in [0.5, 0.6) is 5.75 Å². The minimum absolute atomic E-state index is 0.216. The van der Waals surface area contributed by atoms with Gasteiger partial charge in [-0.25, -0.2) is 4.79 Å². The number of carbonyl (C=O) groups is 1. The molecule has 0 spiro atoms. The van der Waals surface area contributed by atoms with E-state index in [9.17, 15) is 9.59 Å². The van der Waals surface area contributed by atoms with Crippen molar-refractivity contribution in [3.8, 4) is 5.75 Å². The van der Waals surface area contributed by atoms with Crippen molar-refractivity contribution in [2.24, 2.45) is 0 Å². The number of fused-ring (bicyclic) bond motifs is 1. The average Bonchev–Trinajstić information content (AvgIpc) is 2.54. The van der Waals surface area contributed by atoms with Crippen molar-refractivity contribution in [1.29, 1.82) is 0 Å². The molecule has 0 saturated carbocycles. The quantitative estimate of drug-likeness (QED) is 0.455. The van der Waals surface area contributed by atoms with Gasteiger partial charge in [0.2, 0.25) is 0 Å². The monoisotopic (exact) mass is 469 g/mol. The first-order valence-electron chi connectivity index (χ1n) is 7.34. The first-order chi connectivity index (χ1) is 11.9. The molecule has 1 amide bonds. The van der Waals surface area contributed by atoms with Crippen LogP contribution in [0, 0.1) is 10.5 Å². The Morgan fingerprint density at radius 2 is 2.08 bits per heavy atom. The van der Waals surface area contributed by atoms with Crippen LogP contribution in [0.1, 0.15) is 5.56 Å². The van der Waals surface area contributed by atoms with Gasteiger partial charge in [-0.1, -0.05) is 17.7 Å². The molecule has 0 aliphatic carbocycles. The van der Waals surface area contributed by atoms with Crippen molar-refractivity contribution >= 4 is 56.8 Å². The molecule has 0 saturated heterocycles. The number of hydrogen-bond acceptors (Lipinski definition) is 4. The summed E-state index contributed by atoms with van der Waals surface area (Å²) in [6.45, 7) is 1.58. The van der Waals surface area contributed by atoms with E-state index in [0.29, 0.717) is 16.3 Å². The number of anilines is 1. The standard InChI is InChI=1S/C18H13ClINO4/c1-10-5-18(23)25-15-8-16(14(19)7-13(10)15)24-9-17(22)21-12-4-2-3-11(20)6-12/h2-8H,9H2,1H3,(H,21,22). The number of nitrogens with one attached hydrogen (secondary N) is 1. The molecule has 5 nitrogen and oxygen atoms in total. The maximum Gasteiger partial charge on any atom is 0.336 e. The number of ether oxygens (including phenoxy) is 1. The van der Waals surface area contributed by atoms with Gasteiger partial charge in [0, 0.05) is 26.8 Å². The maximum absolute atomic E-state index is 12.0. The number of halogens is 2. The number of rotatable bonds is 4. The number of carbonyl (C=O) groups excluding carboxylic acids is 1. The summed E-state index contributed by atoms with van der Waals surface area (Å²) >= 11 is 8.37. The Labute approximate surface area is 162 Å². The molecule has 1 aromatic heterocycles. The molecule has 0 aliphatic heterocycles. The second-order valence-corrected chi connectivity index (χ2v) is 7.03. The van der Waals surface area contributed by atoms with Crippen molar-refractivity contribution in [3.05, 3.63) is 67.0 Å². The van der Waals surface area contributed by atoms with Crippen LogP contribution in [0.3, 0.4) is 0 Å². The van der Waals surface area contributed by atoms with Crippen molar-refractivity contribution in [2.75, 3.05) is 11.9 Å². The average molecular weight is 470 g/mol. The zero-order valence-corrected chi connectivity index (χ0v) is 16.1. The van der Waals surface area contributed by atoms with Gasteiger partial charge in [-0.05, 0) is 59.3 Å². The Morgan fingerprint density at radius 1 is 1.28 bits per heavy atom. The molecule has 2 aromatic carbocycles. The zero-order valence-electron chi connectivity index (χ0n) is 13.1. The lowest BCUT2D eigenvalue weighted by Gasteiger charge is -2.10. The minimum atomic E-state index is -0.449. The lowest BCUT2D eigenvalue weighted by atomic mass is 10.1. The molecule has 0 fully saturated rings. The second-order valence-electron chi connectivity index (χ2n) is 5.37. The van der Waals surface area contributed by atoms with Crippen LogP contribution in [-0.4, -0.2) is 12.5 Å². The molecule has 3 rings (SSSR count). The fourth-order valence-electron chi connectivity index (χ4n) is 2.34. The van der Waals surface area contributed by atoms with Crippen LogP contribution >= 0.6 is 34.2 Å². The number of hydrogen-bond donors (Lipinski definition) is 1. The molecule has 0 atom stereocenters. The van der Waals surface area contributed by atoms with E-state index in [1.54, 1.807) is 19.1 Å².